The number of likely N-dealkylation sites (tertiary alicyclic amines) is 1. The third-order valence-electron chi connectivity index (χ3n) is 12.7. The van der Waals surface area contributed by atoms with Crippen LogP contribution in [0.1, 0.15) is 84.3 Å². The Balaban J connectivity index is 1.48. The molecule has 0 radical (unpaired) electrons. The van der Waals surface area contributed by atoms with Crippen molar-refractivity contribution in [3.8, 4) is 11.5 Å². The van der Waals surface area contributed by atoms with E-state index in [0.29, 0.717) is 11.8 Å². The highest BCUT2D eigenvalue weighted by molar-refractivity contribution is 5.62. The molecule has 1 aromatic carbocycles. The van der Waals surface area contributed by atoms with E-state index in [1.165, 1.54) is 48.0 Å². The summed E-state index contributed by atoms with van der Waals surface area (Å²) in [4.78, 5) is 0. The lowest BCUT2D eigenvalue weighted by Crippen LogP contribution is -2.82. The third kappa shape index (κ3) is 2.22. The van der Waals surface area contributed by atoms with Gasteiger partial charge in [-0.15, -0.1) is 0 Å². The van der Waals surface area contributed by atoms with Crippen LogP contribution in [-0.2, 0) is 11.8 Å². The number of likely N-dealkylation sites (N-methyl/N-ethyl adjacent to an activating group) is 1. The van der Waals surface area contributed by atoms with Gasteiger partial charge in [0.05, 0.1) is 37.2 Å². The van der Waals surface area contributed by atoms with Crippen LogP contribution in [0.2, 0.25) is 0 Å². The van der Waals surface area contributed by atoms with Crippen LogP contribution in [0.4, 0.5) is 0 Å². The number of fused-ring (bicyclic) bond motifs is 2. The number of ether oxygens (including phenoxy) is 1. The van der Waals surface area contributed by atoms with Crippen LogP contribution in [0.3, 0.4) is 0 Å². The van der Waals surface area contributed by atoms with E-state index in [4.69, 9.17) is 4.74 Å². The summed E-state index contributed by atoms with van der Waals surface area (Å²) < 4.78 is 8.16. The molecular weight excluding hydrogens is 422 g/mol. The normalized spacial score (nSPS) is 47.7. The van der Waals surface area contributed by atoms with E-state index in [1.807, 2.05) is 6.07 Å². The van der Waals surface area contributed by atoms with Gasteiger partial charge in [0.2, 0.25) is 0 Å². The smallest absolute Gasteiger partial charge is 0.165 e. The van der Waals surface area contributed by atoms with Crippen LogP contribution < -0.4 is 4.74 Å². The molecule has 7 aliphatic rings. The maximum Gasteiger partial charge on any atom is 0.165 e. The van der Waals surface area contributed by atoms with Gasteiger partial charge in [-0.25, -0.2) is 0 Å². The molecule has 186 valence electrons. The average molecular weight is 467 g/mol. The fraction of sp³-hybridized carbons (Fsp3) is 0.800. The first-order valence-electron chi connectivity index (χ1n) is 13.9. The predicted molar refractivity (Wildman–Crippen MR) is 133 cm³/mol. The molecule has 34 heavy (non-hydrogen) atoms. The number of aliphatic hydroxyl groups is 1. The summed E-state index contributed by atoms with van der Waals surface area (Å²) in [6.45, 7) is 13.7. The summed E-state index contributed by atoms with van der Waals surface area (Å²) in [6, 6.07) is 4.66. The molecule has 4 heteroatoms. The molecule has 1 aromatic rings. The van der Waals surface area contributed by atoms with E-state index in [1.54, 1.807) is 0 Å². The zero-order valence-corrected chi connectivity index (χ0v) is 22.1. The van der Waals surface area contributed by atoms with Crippen molar-refractivity contribution in [2.75, 3.05) is 20.1 Å². The molecule has 0 aromatic heterocycles. The van der Waals surface area contributed by atoms with E-state index in [0.717, 1.165) is 37.4 Å². The number of phenolic OH excluding ortho intramolecular Hbond substituents is 1. The van der Waals surface area contributed by atoms with Crippen LogP contribution in [0, 0.1) is 28.1 Å². The van der Waals surface area contributed by atoms with Gasteiger partial charge in [0.25, 0.3) is 0 Å². The summed E-state index contributed by atoms with van der Waals surface area (Å²) >= 11 is 0. The number of hydrogen-bond acceptors (Lipinski definition) is 3. The molecule has 2 N–H and O–H groups in total. The number of phenols is 1. The van der Waals surface area contributed by atoms with Crippen molar-refractivity contribution < 1.29 is 19.4 Å². The summed E-state index contributed by atoms with van der Waals surface area (Å²) in [7, 11) is 2.56. The van der Waals surface area contributed by atoms with Crippen molar-refractivity contribution >= 4 is 0 Å². The van der Waals surface area contributed by atoms with Crippen molar-refractivity contribution in [2.24, 2.45) is 28.1 Å². The van der Waals surface area contributed by atoms with Crippen LogP contribution in [0.15, 0.2) is 12.1 Å². The van der Waals surface area contributed by atoms with Gasteiger partial charge in [-0.05, 0) is 62.0 Å². The quantitative estimate of drug-likeness (QED) is 0.604. The highest BCUT2D eigenvalue weighted by atomic mass is 16.5. The molecule has 0 amide bonds. The maximum absolute atomic E-state index is 12.2. The predicted octanol–water partition coefficient (Wildman–Crippen LogP) is 5.18. The molecule has 5 aliphatic carbocycles. The lowest BCUT2D eigenvalue weighted by atomic mass is 9.31. The second-order valence-electron chi connectivity index (χ2n) is 15.0. The standard InChI is InChI=1S/C30H43NO3/c1-26(2,3)28(5,33)21-16-29-12-11-27(21,4)25-30(29)13-14-31(6,17-18-7-8-18)22(29)15-19-9-10-20(32)24(34-25)23(19)30/h9-10,18,21-22,25,33H,7-8,11-17H2,1-6H3/p+1/t21?,22?,25-,27-,28-,29+,30-,31+/m1/s1. The Morgan fingerprint density at radius 2 is 1.85 bits per heavy atom. The zero-order valence-electron chi connectivity index (χ0n) is 22.1. The van der Waals surface area contributed by atoms with Crippen molar-refractivity contribution in [3.63, 3.8) is 0 Å². The van der Waals surface area contributed by atoms with Gasteiger partial charge in [-0.2, -0.15) is 0 Å². The van der Waals surface area contributed by atoms with Crippen molar-refractivity contribution in [1.82, 2.24) is 0 Å². The number of benzene rings is 1. The van der Waals surface area contributed by atoms with Gasteiger partial charge in [0.1, 0.15) is 6.10 Å². The van der Waals surface area contributed by atoms with Gasteiger partial charge in [-0.3, -0.25) is 0 Å². The molecule has 4 bridgehead atoms. The summed E-state index contributed by atoms with van der Waals surface area (Å²) in [6.07, 6.45) is 8.52. The van der Waals surface area contributed by atoms with Crippen LogP contribution in [0.5, 0.6) is 11.5 Å². The zero-order chi connectivity index (χ0) is 24.1. The van der Waals surface area contributed by atoms with Gasteiger partial charge >= 0.3 is 0 Å². The molecule has 4 saturated carbocycles. The summed E-state index contributed by atoms with van der Waals surface area (Å²) in [5.74, 6) is 2.18. The van der Waals surface area contributed by atoms with Crippen LogP contribution >= 0.6 is 0 Å². The average Bonchev–Trinajstić information content (AvgIpc) is 3.47. The van der Waals surface area contributed by atoms with Gasteiger partial charge < -0.3 is 19.4 Å². The number of rotatable bonds is 3. The molecule has 8 rings (SSSR count). The minimum Gasteiger partial charge on any atom is -0.504 e. The minimum atomic E-state index is -0.786. The Bertz CT molecular complexity index is 1090. The molecule has 2 heterocycles. The first-order valence-corrected chi connectivity index (χ1v) is 13.9. The Kier molecular flexibility index (Phi) is 3.87. The second kappa shape index (κ2) is 5.99. The molecule has 2 unspecified atom stereocenters. The van der Waals surface area contributed by atoms with Crippen molar-refractivity contribution in [3.05, 3.63) is 23.3 Å². The largest absolute Gasteiger partial charge is 0.504 e. The number of piperidine rings is 1. The highest BCUT2D eigenvalue weighted by Crippen LogP contribution is 2.80. The Morgan fingerprint density at radius 3 is 2.53 bits per heavy atom. The van der Waals surface area contributed by atoms with E-state index in [2.05, 4.69) is 47.7 Å². The number of nitrogens with zero attached hydrogens (tertiary/aromatic N) is 1. The van der Waals surface area contributed by atoms with E-state index < -0.39 is 5.60 Å². The molecular formula is C30H44NO3+. The first kappa shape index (κ1) is 22.0. The molecule has 4 nitrogen and oxygen atoms in total. The van der Waals surface area contributed by atoms with Crippen molar-refractivity contribution in [1.29, 1.82) is 0 Å². The Labute approximate surface area is 205 Å². The molecule has 2 aliphatic heterocycles. The van der Waals surface area contributed by atoms with Crippen molar-refractivity contribution in [2.45, 2.75) is 103 Å². The molecule has 2 spiro atoms. The topological polar surface area (TPSA) is 49.7 Å². The van der Waals surface area contributed by atoms with E-state index in [9.17, 15) is 10.2 Å². The fourth-order valence-corrected chi connectivity index (χ4v) is 10.4. The molecule has 8 atom stereocenters. The summed E-state index contributed by atoms with van der Waals surface area (Å²) in [5, 5.41) is 23.2. The lowest BCUT2D eigenvalue weighted by Gasteiger charge is -2.76. The van der Waals surface area contributed by atoms with E-state index >= 15 is 0 Å². The van der Waals surface area contributed by atoms with Gasteiger partial charge in [0.15, 0.2) is 11.5 Å². The van der Waals surface area contributed by atoms with E-state index in [-0.39, 0.29) is 33.7 Å². The third-order valence-corrected chi connectivity index (χ3v) is 12.7. The summed E-state index contributed by atoms with van der Waals surface area (Å²) in [5.41, 5.74) is 1.80. The Morgan fingerprint density at radius 1 is 1.12 bits per heavy atom. The highest BCUT2D eigenvalue weighted by Gasteiger charge is 2.83. The molecule has 1 saturated heterocycles. The number of aromatic hydroxyl groups is 1. The SMILES string of the molecule is CC(C)(C)[C@](C)(O)C1C[C@]23CC[C@@]1(C)[C@H]1Oc4c(O)ccc5c4[C@]12CC[N@@+](C)(CC1CC1)C3C5. The van der Waals surface area contributed by atoms with Gasteiger partial charge in [0, 0.05) is 35.2 Å². The monoisotopic (exact) mass is 466 g/mol. The minimum absolute atomic E-state index is 0.0158. The number of quaternary nitrogens is 1. The van der Waals surface area contributed by atoms with Crippen LogP contribution in [0.25, 0.3) is 0 Å². The van der Waals surface area contributed by atoms with Gasteiger partial charge in [-0.1, -0.05) is 33.8 Å². The first-order chi connectivity index (χ1) is 15.8. The second-order valence-corrected chi connectivity index (χ2v) is 15.0. The number of hydrogen-bond donors (Lipinski definition) is 2. The fourth-order valence-electron chi connectivity index (χ4n) is 10.4. The molecule has 5 fully saturated rings. The lowest BCUT2D eigenvalue weighted by molar-refractivity contribution is -0.952. The maximum atomic E-state index is 12.2. The van der Waals surface area contributed by atoms with Crippen LogP contribution in [-0.4, -0.2) is 52.6 Å². The Hall–Kier alpha value is -1.26.